The Hall–Kier alpha value is -2.70. The molecule has 0 radical (unpaired) electrons. The molecule has 1 saturated carbocycles. The van der Waals surface area contributed by atoms with Gasteiger partial charge >= 0.3 is 5.97 Å². The number of aromatic nitrogens is 3. The highest BCUT2D eigenvalue weighted by atomic mass is 16.4. The van der Waals surface area contributed by atoms with E-state index in [1.807, 2.05) is 31.2 Å². The van der Waals surface area contributed by atoms with Crippen molar-refractivity contribution in [3.05, 3.63) is 41.2 Å². The predicted octanol–water partition coefficient (Wildman–Crippen LogP) is 2.65. The molecule has 1 aliphatic rings. The van der Waals surface area contributed by atoms with Gasteiger partial charge in [0.15, 0.2) is 5.69 Å². The molecule has 0 saturated heterocycles. The lowest BCUT2D eigenvalue weighted by Crippen LogP contribution is -2.43. The first-order chi connectivity index (χ1) is 12.5. The van der Waals surface area contributed by atoms with E-state index in [1.165, 1.54) is 0 Å². The quantitative estimate of drug-likeness (QED) is 0.821. The second kappa shape index (κ2) is 7.68. The van der Waals surface area contributed by atoms with Gasteiger partial charge < -0.3 is 10.4 Å². The minimum Gasteiger partial charge on any atom is -0.481 e. The molecule has 2 N–H and O–H groups in total. The number of hydrogen-bond donors (Lipinski definition) is 2. The van der Waals surface area contributed by atoms with E-state index in [2.05, 4.69) is 15.6 Å². The van der Waals surface area contributed by atoms with E-state index in [-0.39, 0.29) is 17.6 Å². The Morgan fingerprint density at radius 3 is 2.69 bits per heavy atom. The number of amides is 1. The third-order valence-electron chi connectivity index (χ3n) is 5.01. The molecule has 1 aliphatic carbocycles. The Morgan fingerprint density at radius 2 is 1.96 bits per heavy atom. The molecule has 1 heterocycles. The number of hydrogen-bond acceptors (Lipinski definition) is 4. The highest BCUT2D eigenvalue weighted by Crippen LogP contribution is 2.24. The molecule has 1 amide bonds. The van der Waals surface area contributed by atoms with Crippen molar-refractivity contribution in [3.8, 4) is 5.69 Å². The molecule has 26 heavy (non-hydrogen) atoms. The van der Waals surface area contributed by atoms with Gasteiger partial charge in [0.25, 0.3) is 5.91 Å². The molecule has 7 heteroatoms. The number of nitrogens with zero attached hydrogens (tertiary/aromatic N) is 3. The van der Waals surface area contributed by atoms with Crippen LogP contribution in [0.4, 0.5) is 0 Å². The van der Waals surface area contributed by atoms with Crippen molar-refractivity contribution in [2.24, 2.45) is 5.92 Å². The molecule has 2 atom stereocenters. The fourth-order valence-corrected chi connectivity index (χ4v) is 3.56. The van der Waals surface area contributed by atoms with Gasteiger partial charge in [-0.3, -0.25) is 9.59 Å². The average Bonchev–Trinajstić information content (AvgIpc) is 2.83. The van der Waals surface area contributed by atoms with Gasteiger partial charge in [0, 0.05) is 6.04 Å². The van der Waals surface area contributed by atoms with E-state index in [1.54, 1.807) is 11.6 Å². The number of carbonyl (C=O) groups is 2. The number of carboxylic acids is 1. The monoisotopic (exact) mass is 356 g/mol. The molecular formula is C19H24N4O3. The van der Waals surface area contributed by atoms with E-state index < -0.39 is 11.9 Å². The summed E-state index contributed by atoms with van der Waals surface area (Å²) < 4.78 is 1.63. The highest BCUT2D eigenvalue weighted by molar-refractivity contribution is 5.93. The fourth-order valence-electron chi connectivity index (χ4n) is 3.56. The summed E-state index contributed by atoms with van der Waals surface area (Å²) in [7, 11) is 0. The van der Waals surface area contributed by atoms with Gasteiger partial charge in [0.05, 0.1) is 17.3 Å². The molecule has 7 nitrogen and oxygen atoms in total. The lowest BCUT2D eigenvalue weighted by Gasteiger charge is -2.22. The molecule has 3 rings (SSSR count). The molecule has 0 bridgehead atoms. The Kier molecular flexibility index (Phi) is 5.35. The maximum Gasteiger partial charge on any atom is 0.308 e. The van der Waals surface area contributed by atoms with Crippen molar-refractivity contribution in [2.75, 3.05) is 0 Å². The summed E-state index contributed by atoms with van der Waals surface area (Å²) in [5.74, 6) is -1.76. The minimum atomic E-state index is -0.850. The van der Waals surface area contributed by atoms with Gasteiger partial charge in [0.2, 0.25) is 0 Å². The molecular weight excluding hydrogens is 332 g/mol. The van der Waals surface area contributed by atoms with Crippen LogP contribution in [0.5, 0.6) is 0 Å². The number of aryl methyl sites for hydroxylation is 1. The van der Waals surface area contributed by atoms with Crippen LogP contribution >= 0.6 is 0 Å². The van der Waals surface area contributed by atoms with Crippen LogP contribution in [0.3, 0.4) is 0 Å². The second-order valence-electron chi connectivity index (χ2n) is 6.94. The van der Waals surface area contributed by atoms with Crippen LogP contribution in [-0.2, 0) is 4.79 Å². The number of carboxylic acid groups (broad SMARTS) is 1. The molecule has 2 aromatic rings. The Bertz CT molecular complexity index is 815. The van der Waals surface area contributed by atoms with Crippen LogP contribution in [0.1, 0.15) is 53.8 Å². The first-order valence-corrected chi connectivity index (χ1v) is 9.00. The van der Waals surface area contributed by atoms with Gasteiger partial charge in [-0.25, -0.2) is 4.68 Å². The van der Waals surface area contributed by atoms with Crippen molar-refractivity contribution in [3.63, 3.8) is 0 Å². The lowest BCUT2D eigenvalue weighted by atomic mass is 9.94. The molecule has 1 aromatic carbocycles. The number of rotatable bonds is 4. The van der Waals surface area contributed by atoms with Gasteiger partial charge in [-0.15, -0.1) is 5.10 Å². The van der Waals surface area contributed by atoms with Crippen LogP contribution in [0.15, 0.2) is 24.3 Å². The van der Waals surface area contributed by atoms with Crippen LogP contribution in [0.2, 0.25) is 0 Å². The Balaban J connectivity index is 1.81. The minimum absolute atomic E-state index is 0.236. The lowest BCUT2D eigenvalue weighted by molar-refractivity contribution is -0.142. The van der Waals surface area contributed by atoms with E-state index in [4.69, 9.17) is 0 Å². The van der Waals surface area contributed by atoms with Crippen molar-refractivity contribution in [1.29, 1.82) is 0 Å². The Morgan fingerprint density at radius 1 is 1.19 bits per heavy atom. The molecule has 0 unspecified atom stereocenters. The summed E-state index contributed by atoms with van der Waals surface area (Å²) in [5, 5.41) is 20.5. The largest absolute Gasteiger partial charge is 0.481 e. The zero-order chi connectivity index (χ0) is 18.7. The second-order valence-corrected chi connectivity index (χ2v) is 6.94. The molecule has 0 spiro atoms. The summed E-state index contributed by atoms with van der Waals surface area (Å²) in [5.41, 5.74) is 2.80. The third kappa shape index (κ3) is 3.76. The van der Waals surface area contributed by atoms with E-state index >= 15 is 0 Å². The van der Waals surface area contributed by atoms with Crippen LogP contribution < -0.4 is 5.32 Å². The van der Waals surface area contributed by atoms with Crippen LogP contribution in [0.25, 0.3) is 5.69 Å². The van der Waals surface area contributed by atoms with Crippen LogP contribution in [0, 0.1) is 19.8 Å². The number of nitrogens with one attached hydrogen (secondary N) is 1. The predicted molar refractivity (Wildman–Crippen MR) is 96.3 cm³/mol. The zero-order valence-electron chi connectivity index (χ0n) is 15.1. The van der Waals surface area contributed by atoms with E-state index in [0.717, 1.165) is 30.5 Å². The van der Waals surface area contributed by atoms with Gasteiger partial charge in [-0.05, 0) is 44.4 Å². The van der Waals surface area contributed by atoms with Crippen molar-refractivity contribution in [1.82, 2.24) is 20.3 Å². The number of carbonyl (C=O) groups excluding carboxylic acids is 1. The van der Waals surface area contributed by atoms with E-state index in [9.17, 15) is 14.7 Å². The third-order valence-corrected chi connectivity index (χ3v) is 5.01. The summed E-state index contributed by atoms with van der Waals surface area (Å²) in [4.78, 5) is 24.2. The number of benzene rings is 1. The maximum atomic E-state index is 12.7. The molecule has 0 aliphatic heterocycles. The Labute approximate surface area is 152 Å². The summed E-state index contributed by atoms with van der Waals surface area (Å²) in [6.45, 7) is 3.78. The smallest absolute Gasteiger partial charge is 0.308 e. The molecule has 138 valence electrons. The van der Waals surface area contributed by atoms with Crippen molar-refractivity contribution in [2.45, 2.75) is 52.0 Å². The van der Waals surface area contributed by atoms with Crippen molar-refractivity contribution >= 4 is 11.9 Å². The standard InChI is InChI=1S/C19H24N4O3/c1-12-7-6-8-14(11-12)23-13(2)17(21-22-23)18(24)20-16-10-5-3-4-9-15(16)19(25)26/h6-8,11,15-16H,3-5,9-10H2,1-2H3,(H,20,24)(H,25,26)/t15-,16+/m1/s1. The van der Waals surface area contributed by atoms with Gasteiger partial charge in [-0.1, -0.05) is 36.6 Å². The summed E-state index contributed by atoms with van der Waals surface area (Å²) >= 11 is 0. The number of aliphatic carboxylic acids is 1. The fraction of sp³-hybridized carbons (Fsp3) is 0.474. The SMILES string of the molecule is Cc1cccc(-n2nnc(C(=O)N[C@H]3CCCCC[C@H]3C(=O)O)c2C)c1. The average molecular weight is 356 g/mol. The van der Waals surface area contributed by atoms with Crippen LogP contribution in [-0.4, -0.2) is 38.0 Å². The normalized spacial score (nSPS) is 20.4. The van der Waals surface area contributed by atoms with Crippen molar-refractivity contribution < 1.29 is 14.7 Å². The maximum absolute atomic E-state index is 12.7. The topological polar surface area (TPSA) is 97.1 Å². The first-order valence-electron chi connectivity index (χ1n) is 9.00. The molecule has 1 aromatic heterocycles. The first kappa shape index (κ1) is 18.1. The highest BCUT2D eigenvalue weighted by Gasteiger charge is 2.31. The van der Waals surface area contributed by atoms with Gasteiger partial charge in [0.1, 0.15) is 0 Å². The molecule has 1 fully saturated rings. The van der Waals surface area contributed by atoms with E-state index in [0.29, 0.717) is 18.5 Å². The van der Waals surface area contributed by atoms with Gasteiger partial charge in [-0.2, -0.15) is 0 Å². The summed E-state index contributed by atoms with van der Waals surface area (Å²) in [6, 6.07) is 7.42. The zero-order valence-corrected chi connectivity index (χ0v) is 15.1. The summed E-state index contributed by atoms with van der Waals surface area (Å²) in [6.07, 6.45) is 4.07.